The van der Waals surface area contributed by atoms with E-state index in [9.17, 15) is 8.42 Å². The predicted molar refractivity (Wildman–Crippen MR) is 78.7 cm³/mol. The highest BCUT2D eigenvalue weighted by molar-refractivity contribution is 7.93. The highest BCUT2D eigenvalue weighted by Crippen LogP contribution is 2.45. The van der Waals surface area contributed by atoms with Crippen LogP contribution in [-0.4, -0.2) is 19.5 Å². The van der Waals surface area contributed by atoms with Crippen molar-refractivity contribution in [2.75, 3.05) is 0 Å². The van der Waals surface area contributed by atoms with Crippen LogP contribution < -0.4 is 0 Å². The Kier molecular flexibility index (Phi) is 4.32. The Bertz CT molecular complexity index is 637. The van der Waals surface area contributed by atoms with Crippen LogP contribution in [0.15, 0.2) is 47.9 Å². The van der Waals surface area contributed by atoms with Crippen molar-refractivity contribution >= 4 is 9.84 Å². The number of ether oxygens (including phenoxy) is 1. The highest BCUT2D eigenvalue weighted by Gasteiger charge is 2.64. The predicted octanol–water partition coefficient (Wildman–Crippen LogP) is 2.94. The standard InChI is InChI=1S/C16H18O3S/c1-3-5-6-10-13-15-16(4-2,19-15)20(17,18)14-11-8-7-9-12-14/h4,7-9,11-12,15H,2-3,5-6H2,1H3/t15-,16-/m0/s1. The molecule has 0 spiro atoms. The molecule has 1 aromatic rings. The summed E-state index contributed by atoms with van der Waals surface area (Å²) in [5.41, 5.74) is 0. The minimum atomic E-state index is -3.61. The topological polar surface area (TPSA) is 46.7 Å². The van der Waals surface area contributed by atoms with Gasteiger partial charge in [0.2, 0.25) is 14.8 Å². The molecule has 0 N–H and O–H groups in total. The number of hydrogen-bond donors (Lipinski definition) is 0. The van der Waals surface area contributed by atoms with Gasteiger partial charge in [-0.25, -0.2) is 8.42 Å². The first-order chi connectivity index (χ1) is 9.58. The van der Waals surface area contributed by atoms with E-state index in [2.05, 4.69) is 25.3 Å². The fraction of sp³-hybridized carbons (Fsp3) is 0.375. The lowest BCUT2D eigenvalue weighted by Crippen LogP contribution is -2.25. The molecule has 0 aromatic heterocycles. The molecule has 0 saturated carbocycles. The summed E-state index contributed by atoms with van der Waals surface area (Å²) in [6.45, 7) is 5.70. The van der Waals surface area contributed by atoms with E-state index >= 15 is 0 Å². The van der Waals surface area contributed by atoms with Crippen LogP contribution in [0.3, 0.4) is 0 Å². The Morgan fingerprint density at radius 2 is 2.10 bits per heavy atom. The summed E-state index contributed by atoms with van der Waals surface area (Å²) in [7, 11) is -3.61. The molecule has 0 bridgehead atoms. The highest BCUT2D eigenvalue weighted by atomic mass is 32.2. The molecule has 3 nitrogen and oxygen atoms in total. The Morgan fingerprint density at radius 1 is 1.40 bits per heavy atom. The van der Waals surface area contributed by atoms with E-state index in [-0.39, 0.29) is 4.90 Å². The summed E-state index contributed by atoms with van der Waals surface area (Å²) < 4.78 is 30.5. The normalized spacial score (nSPS) is 24.6. The third-order valence-corrected chi connectivity index (χ3v) is 5.47. The van der Waals surface area contributed by atoms with Gasteiger partial charge in [-0.3, -0.25) is 0 Å². The van der Waals surface area contributed by atoms with Gasteiger partial charge in [-0.2, -0.15) is 0 Å². The van der Waals surface area contributed by atoms with Crippen molar-refractivity contribution in [1.29, 1.82) is 0 Å². The van der Waals surface area contributed by atoms with Gasteiger partial charge in [-0.1, -0.05) is 44.0 Å². The molecular formula is C16H18O3S. The van der Waals surface area contributed by atoms with E-state index in [4.69, 9.17) is 4.74 Å². The molecule has 0 amide bonds. The maximum atomic E-state index is 12.6. The molecular weight excluding hydrogens is 272 g/mol. The molecule has 2 atom stereocenters. The number of rotatable bonds is 5. The summed E-state index contributed by atoms with van der Waals surface area (Å²) in [5, 5.41) is 0. The monoisotopic (exact) mass is 290 g/mol. The van der Waals surface area contributed by atoms with Crippen LogP contribution in [0.1, 0.15) is 26.2 Å². The molecule has 1 heterocycles. The van der Waals surface area contributed by atoms with E-state index < -0.39 is 20.9 Å². The third-order valence-electron chi connectivity index (χ3n) is 3.26. The zero-order valence-corrected chi connectivity index (χ0v) is 12.3. The first-order valence-electron chi connectivity index (χ1n) is 6.68. The zero-order valence-electron chi connectivity index (χ0n) is 11.5. The summed E-state index contributed by atoms with van der Waals surface area (Å²) in [5.74, 6) is 5.86. The fourth-order valence-corrected chi connectivity index (χ4v) is 3.63. The van der Waals surface area contributed by atoms with Gasteiger partial charge >= 0.3 is 0 Å². The van der Waals surface area contributed by atoms with Crippen molar-refractivity contribution in [3.63, 3.8) is 0 Å². The van der Waals surface area contributed by atoms with Gasteiger partial charge in [0.25, 0.3) is 0 Å². The summed E-state index contributed by atoms with van der Waals surface area (Å²) in [4.78, 5) is -1.15. The van der Waals surface area contributed by atoms with Crippen LogP contribution in [0.5, 0.6) is 0 Å². The molecule has 1 fully saturated rings. The van der Waals surface area contributed by atoms with Gasteiger partial charge in [0.15, 0.2) is 6.10 Å². The maximum Gasteiger partial charge on any atom is 0.230 e. The second-order valence-corrected chi connectivity index (χ2v) is 6.78. The largest absolute Gasteiger partial charge is 0.331 e. The molecule has 0 radical (unpaired) electrons. The van der Waals surface area contributed by atoms with Crippen LogP contribution in [0, 0.1) is 11.8 Å². The molecule has 0 unspecified atom stereocenters. The average Bonchev–Trinajstić information content (AvgIpc) is 3.20. The van der Waals surface area contributed by atoms with Crippen LogP contribution in [0.25, 0.3) is 0 Å². The zero-order chi connectivity index (χ0) is 14.6. The number of benzene rings is 1. The van der Waals surface area contributed by atoms with Crippen molar-refractivity contribution in [1.82, 2.24) is 0 Å². The molecule has 20 heavy (non-hydrogen) atoms. The number of unbranched alkanes of at least 4 members (excludes halogenated alkanes) is 2. The molecule has 106 valence electrons. The van der Waals surface area contributed by atoms with Crippen molar-refractivity contribution in [3.05, 3.63) is 43.0 Å². The molecule has 1 aliphatic heterocycles. The van der Waals surface area contributed by atoms with E-state index in [1.54, 1.807) is 30.3 Å². The van der Waals surface area contributed by atoms with E-state index in [0.717, 1.165) is 19.3 Å². The molecule has 1 aromatic carbocycles. The summed E-state index contributed by atoms with van der Waals surface area (Å²) >= 11 is 0. The smallest absolute Gasteiger partial charge is 0.230 e. The maximum absolute atomic E-state index is 12.6. The lowest BCUT2D eigenvalue weighted by molar-refractivity contribution is 0.388. The van der Waals surface area contributed by atoms with Gasteiger partial charge in [0.1, 0.15) is 0 Å². The molecule has 1 aliphatic rings. The van der Waals surface area contributed by atoms with E-state index in [1.807, 2.05) is 0 Å². The van der Waals surface area contributed by atoms with Gasteiger partial charge in [0.05, 0.1) is 4.90 Å². The SMILES string of the molecule is C=C[C@@]1(S(=O)(=O)c2ccccc2)O[C@H]1C#CCCCC. The van der Waals surface area contributed by atoms with Crippen molar-refractivity contribution in [3.8, 4) is 11.8 Å². The Balaban J connectivity index is 2.22. The summed E-state index contributed by atoms with van der Waals surface area (Å²) in [6, 6.07) is 8.27. The lowest BCUT2D eigenvalue weighted by atomic mass is 10.2. The summed E-state index contributed by atoms with van der Waals surface area (Å²) in [6.07, 6.45) is 3.56. The van der Waals surface area contributed by atoms with Crippen LogP contribution in [-0.2, 0) is 14.6 Å². The molecule has 2 rings (SSSR count). The first kappa shape index (κ1) is 14.8. The Labute approximate surface area is 120 Å². The third kappa shape index (κ3) is 2.52. The number of sulfone groups is 1. The molecule has 4 heteroatoms. The minimum absolute atomic E-state index is 0.234. The van der Waals surface area contributed by atoms with Crippen molar-refractivity contribution in [2.24, 2.45) is 0 Å². The molecule has 1 saturated heterocycles. The second kappa shape index (κ2) is 5.82. The van der Waals surface area contributed by atoms with Crippen molar-refractivity contribution in [2.45, 2.75) is 42.1 Å². The quantitative estimate of drug-likeness (QED) is 0.362. The first-order valence-corrected chi connectivity index (χ1v) is 8.16. The van der Waals surface area contributed by atoms with E-state index in [0.29, 0.717) is 0 Å². The Hall–Kier alpha value is -1.57. The lowest BCUT2D eigenvalue weighted by Gasteiger charge is -2.08. The number of epoxide rings is 1. The van der Waals surface area contributed by atoms with Gasteiger partial charge < -0.3 is 4.74 Å². The fourth-order valence-electron chi connectivity index (χ4n) is 1.96. The van der Waals surface area contributed by atoms with Crippen LogP contribution in [0.4, 0.5) is 0 Å². The Morgan fingerprint density at radius 3 is 2.70 bits per heavy atom. The number of hydrogen-bond acceptors (Lipinski definition) is 3. The van der Waals surface area contributed by atoms with Crippen molar-refractivity contribution < 1.29 is 13.2 Å². The minimum Gasteiger partial charge on any atom is -0.331 e. The van der Waals surface area contributed by atoms with E-state index in [1.165, 1.54) is 6.08 Å². The van der Waals surface area contributed by atoms with Gasteiger partial charge in [-0.15, -0.1) is 5.92 Å². The molecule has 0 aliphatic carbocycles. The van der Waals surface area contributed by atoms with Gasteiger partial charge in [0, 0.05) is 6.42 Å². The van der Waals surface area contributed by atoms with Gasteiger partial charge in [-0.05, 0) is 24.6 Å². The van der Waals surface area contributed by atoms with Crippen LogP contribution in [0.2, 0.25) is 0 Å². The van der Waals surface area contributed by atoms with Crippen LogP contribution >= 0.6 is 0 Å². The second-order valence-electron chi connectivity index (χ2n) is 4.66. The average molecular weight is 290 g/mol.